The van der Waals surface area contributed by atoms with Crippen molar-refractivity contribution in [2.45, 2.75) is 6.92 Å². The van der Waals surface area contributed by atoms with Gasteiger partial charge in [-0.3, -0.25) is 0 Å². The number of para-hydroxylation sites is 1. The molecule has 1 rings (SSSR count). The van der Waals surface area contributed by atoms with Crippen molar-refractivity contribution in [1.29, 1.82) is 0 Å². The summed E-state index contributed by atoms with van der Waals surface area (Å²) >= 11 is 0. The number of nitrogens with two attached hydrogens (primary N) is 1. The summed E-state index contributed by atoms with van der Waals surface area (Å²) in [5.41, 5.74) is 6.81. The van der Waals surface area contributed by atoms with E-state index in [2.05, 4.69) is 17.2 Å². The van der Waals surface area contributed by atoms with Crippen LogP contribution in [0.3, 0.4) is 0 Å². The van der Waals surface area contributed by atoms with Gasteiger partial charge in [-0.1, -0.05) is 24.0 Å². The van der Waals surface area contributed by atoms with Crippen molar-refractivity contribution in [3.8, 4) is 11.8 Å². The number of carbonyl (C=O) groups is 1. The van der Waals surface area contributed by atoms with E-state index in [1.54, 1.807) is 11.9 Å². The molecule has 17 heavy (non-hydrogen) atoms. The minimum atomic E-state index is -0.144. The highest BCUT2D eigenvalue weighted by Crippen LogP contribution is 2.13. The first kappa shape index (κ1) is 13.1. The molecule has 90 valence electrons. The largest absolute Gasteiger partial charge is 0.328 e. The third kappa shape index (κ3) is 3.82. The van der Waals surface area contributed by atoms with Crippen molar-refractivity contribution in [3.05, 3.63) is 29.8 Å². The number of rotatable bonds is 2. The summed E-state index contributed by atoms with van der Waals surface area (Å²) < 4.78 is 0. The summed E-state index contributed by atoms with van der Waals surface area (Å²) in [5, 5.41) is 2.81. The molecule has 0 saturated carbocycles. The van der Waals surface area contributed by atoms with E-state index in [-0.39, 0.29) is 6.03 Å². The lowest BCUT2D eigenvalue weighted by Gasteiger charge is -2.16. The highest BCUT2D eigenvalue weighted by atomic mass is 16.2. The van der Waals surface area contributed by atoms with E-state index in [0.29, 0.717) is 18.8 Å². The standard InChI is InChI=1S/C13H17N3O/c1-3-16(2)13(17)15-12-9-5-4-7-11(12)8-6-10-14/h4-5,7,9H,3,10,14H2,1-2H3,(H,15,17). The van der Waals surface area contributed by atoms with Crippen LogP contribution in [0.5, 0.6) is 0 Å². The molecule has 0 aliphatic heterocycles. The van der Waals surface area contributed by atoms with E-state index in [0.717, 1.165) is 5.56 Å². The zero-order valence-electron chi connectivity index (χ0n) is 10.2. The third-order valence-electron chi connectivity index (χ3n) is 2.31. The van der Waals surface area contributed by atoms with Gasteiger partial charge in [0.25, 0.3) is 0 Å². The summed E-state index contributed by atoms with van der Waals surface area (Å²) in [6, 6.07) is 7.26. The van der Waals surface area contributed by atoms with Crippen LogP contribution in [0.2, 0.25) is 0 Å². The number of amides is 2. The Morgan fingerprint density at radius 3 is 2.82 bits per heavy atom. The number of hydrogen-bond acceptors (Lipinski definition) is 2. The molecule has 0 aromatic heterocycles. The predicted molar refractivity (Wildman–Crippen MR) is 69.7 cm³/mol. The number of anilines is 1. The number of carbonyl (C=O) groups excluding carboxylic acids is 1. The second kappa shape index (κ2) is 6.56. The molecule has 0 aliphatic carbocycles. The van der Waals surface area contributed by atoms with Crippen molar-refractivity contribution >= 4 is 11.7 Å². The molecule has 2 amide bonds. The minimum absolute atomic E-state index is 0.144. The van der Waals surface area contributed by atoms with Crippen LogP contribution < -0.4 is 11.1 Å². The lowest BCUT2D eigenvalue weighted by Crippen LogP contribution is -2.31. The van der Waals surface area contributed by atoms with Gasteiger partial charge in [-0.2, -0.15) is 0 Å². The van der Waals surface area contributed by atoms with E-state index in [4.69, 9.17) is 5.73 Å². The normalized spacial score (nSPS) is 9.12. The maximum atomic E-state index is 11.7. The first-order chi connectivity index (χ1) is 8.19. The van der Waals surface area contributed by atoms with E-state index < -0.39 is 0 Å². The molecule has 0 aliphatic rings. The molecule has 0 atom stereocenters. The molecule has 4 nitrogen and oxygen atoms in total. The van der Waals surface area contributed by atoms with Gasteiger partial charge >= 0.3 is 6.03 Å². The van der Waals surface area contributed by atoms with Gasteiger partial charge in [-0.25, -0.2) is 4.79 Å². The van der Waals surface area contributed by atoms with Crippen LogP contribution in [0.4, 0.5) is 10.5 Å². The Balaban J connectivity index is 2.87. The van der Waals surface area contributed by atoms with E-state index >= 15 is 0 Å². The van der Waals surface area contributed by atoms with Gasteiger partial charge in [-0.15, -0.1) is 0 Å². The number of hydrogen-bond donors (Lipinski definition) is 2. The minimum Gasteiger partial charge on any atom is -0.328 e. The zero-order chi connectivity index (χ0) is 12.7. The summed E-state index contributed by atoms with van der Waals surface area (Å²) in [6.45, 7) is 2.87. The van der Waals surface area contributed by atoms with Crippen LogP contribution in [0, 0.1) is 11.8 Å². The molecular formula is C13H17N3O. The van der Waals surface area contributed by atoms with Crippen LogP contribution in [0.25, 0.3) is 0 Å². The lowest BCUT2D eigenvalue weighted by molar-refractivity contribution is 0.224. The fraction of sp³-hybridized carbons (Fsp3) is 0.308. The topological polar surface area (TPSA) is 58.4 Å². The Labute approximate surface area is 102 Å². The van der Waals surface area contributed by atoms with E-state index in [1.165, 1.54) is 0 Å². The second-order valence-electron chi connectivity index (χ2n) is 3.50. The Bertz CT molecular complexity index is 445. The molecule has 0 unspecified atom stereocenters. The van der Waals surface area contributed by atoms with Crippen LogP contribution in [-0.4, -0.2) is 31.1 Å². The summed E-state index contributed by atoms with van der Waals surface area (Å²) in [6.07, 6.45) is 0. The SMILES string of the molecule is CCN(C)C(=O)Nc1ccccc1C#CCN. The van der Waals surface area contributed by atoms with Crippen molar-refractivity contribution in [2.24, 2.45) is 5.73 Å². The second-order valence-corrected chi connectivity index (χ2v) is 3.50. The molecule has 1 aromatic carbocycles. The molecule has 0 saturated heterocycles. The van der Waals surface area contributed by atoms with Crippen molar-refractivity contribution < 1.29 is 4.79 Å². The Morgan fingerprint density at radius 2 is 2.18 bits per heavy atom. The summed E-state index contributed by atoms with van der Waals surface area (Å²) in [5.74, 6) is 5.70. The predicted octanol–water partition coefficient (Wildman–Crippen LogP) is 1.48. The molecule has 1 aromatic rings. The molecule has 3 N–H and O–H groups in total. The van der Waals surface area contributed by atoms with Gasteiger partial charge in [0.2, 0.25) is 0 Å². The van der Waals surface area contributed by atoms with E-state index in [9.17, 15) is 4.79 Å². The number of urea groups is 1. The van der Waals surface area contributed by atoms with Crippen LogP contribution in [-0.2, 0) is 0 Å². The maximum absolute atomic E-state index is 11.7. The summed E-state index contributed by atoms with van der Waals surface area (Å²) in [7, 11) is 1.74. The van der Waals surface area contributed by atoms with Crippen LogP contribution >= 0.6 is 0 Å². The van der Waals surface area contributed by atoms with Crippen LogP contribution in [0.15, 0.2) is 24.3 Å². The monoisotopic (exact) mass is 231 g/mol. The average molecular weight is 231 g/mol. The summed E-state index contributed by atoms with van der Waals surface area (Å²) in [4.78, 5) is 13.3. The zero-order valence-corrected chi connectivity index (χ0v) is 10.2. The number of nitrogens with one attached hydrogen (secondary N) is 1. The van der Waals surface area contributed by atoms with Gasteiger partial charge < -0.3 is 16.0 Å². The molecule has 0 spiro atoms. The fourth-order valence-corrected chi connectivity index (χ4v) is 1.20. The molecule has 0 fully saturated rings. The highest BCUT2D eigenvalue weighted by molar-refractivity contribution is 5.90. The third-order valence-corrected chi connectivity index (χ3v) is 2.31. The molecule has 0 radical (unpaired) electrons. The first-order valence-electron chi connectivity index (χ1n) is 5.49. The van der Waals surface area contributed by atoms with Gasteiger partial charge in [0.05, 0.1) is 12.2 Å². The highest BCUT2D eigenvalue weighted by Gasteiger charge is 2.07. The molecule has 4 heteroatoms. The lowest BCUT2D eigenvalue weighted by atomic mass is 10.2. The molecule has 0 bridgehead atoms. The van der Waals surface area contributed by atoms with Gasteiger partial charge in [0, 0.05) is 19.2 Å². The van der Waals surface area contributed by atoms with Gasteiger partial charge in [0.15, 0.2) is 0 Å². The van der Waals surface area contributed by atoms with Crippen LogP contribution in [0.1, 0.15) is 12.5 Å². The van der Waals surface area contributed by atoms with Gasteiger partial charge in [-0.05, 0) is 19.1 Å². The number of nitrogens with zero attached hydrogens (tertiary/aromatic N) is 1. The smallest absolute Gasteiger partial charge is 0.321 e. The quantitative estimate of drug-likeness (QED) is 0.757. The Morgan fingerprint density at radius 1 is 1.47 bits per heavy atom. The van der Waals surface area contributed by atoms with Crippen molar-refractivity contribution in [2.75, 3.05) is 25.5 Å². The number of benzene rings is 1. The van der Waals surface area contributed by atoms with Crippen molar-refractivity contribution in [3.63, 3.8) is 0 Å². The molecular weight excluding hydrogens is 214 g/mol. The maximum Gasteiger partial charge on any atom is 0.321 e. The molecule has 0 heterocycles. The first-order valence-corrected chi connectivity index (χ1v) is 5.49. The fourth-order valence-electron chi connectivity index (χ4n) is 1.20. The Hall–Kier alpha value is -1.99. The van der Waals surface area contributed by atoms with E-state index in [1.807, 2.05) is 31.2 Å². The average Bonchev–Trinajstić information content (AvgIpc) is 2.36. The Kier molecular flexibility index (Phi) is 5.05. The van der Waals surface area contributed by atoms with Crippen molar-refractivity contribution in [1.82, 2.24) is 4.90 Å². The van der Waals surface area contributed by atoms with Gasteiger partial charge in [0.1, 0.15) is 0 Å².